The molecular weight excluding hydrogens is 447 g/mol. The van der Waals surface area contributed by atoms with Gasteiger partial charge in [0.2, 0.25) is 11.8 Å². The average Bonchev–Trinajstić information content (AvgIpc) is 3.36. The number of nitrogens with one attached hydrogen (secondary N) is 1. The maximum atomic E-state index is 13.7. The number of carbonyl (C=O) groups is 2. The molecule has 1 aromatic heterocycles. The predicted molar refractivity (Wildman–Crippen MR) is 134 cm³/mol. The first-order valence-electron chi connectivity index (χ1n) is 11.0. The third kappa shape index (κ3) is 5.58. The van der Waals surface area contributed by atoms with E-state index in [1.807, 2.05) is 79.0 Å². The van der Waals surface area contributed by atoms with Crippen molar-refractivity contribution in [1.82, 2.24) is 5.32 Å². The summed E-state index contributed by atoms with van der Waals surface area (Å²) in [5.41, 5.74) is 3.03. The normalized spacial score (nSPS) is 11.6. The largest absolute Gasteiger partial charge is 0.350 e. The van der Waals surface area contributed by atoms with Crippen molar-refractivity contribution >= 4 is 28.8 Å². The monoisotopic (exact) mass is 472 g/mol. The lowest BCUT2D eigenvalue weighted by molar-refractivity contribution is -0.126. The standard InChI is InChI=1S/C28H25FN2O2S/c1-20-8-5-6-12-25(20)27(28(33)30-19-21-9-3-2-4-10-21)31(23-15-13-22(29)14-16-23)26(32)18-24-11-7-17-34-24/h2-17,27H,18-19H2,1H3,(H,30,33). The summed E-state index contributed by atoms with van der Waals surface area (Å²) >= 11 is 1.48. The van der Waals surface area contributed by atoms with Crippen LogP contribution in [0.1, 0.15) is 27.6 Å². The predicted octanol–water partition coefficient (Wildman–Crippen LogP) is 5.83. The Balaban J connectivity index is 1.74. The third-order valence-corrected chi connectivity index (χ3v) is 6.45. The highest BCUT2D eigenvalue weighted by Crippen LogP contribution is 2.31. The zero-order valence-electron chi connectivity index (χ0n) is 18.8. The minimum Gasteiger partial charge on any atom is -0.350 e. The van der Waals surface area contributed by atoms with Gasteiger partial charge in [-0.05, 0) is 59.3 Å². The summed E-state index contributed by atoms with van der Waals surface area (Å²) in [6.07, 6.45) is 0.142. The van der Waals surface area contributed by atoms with Gasteiger partial charge in [-0.25, -0.2) is 4.39 Å². The number of carbonyl (C=O) groups excluding carboxylic acids is 2. The maximum absolute atomic E-state index is 13.7. The molecule has 172 valence electrons. The van der Waals surface area contributed by atoms with Crippen molar-refractivity contribution in [3.63, 3.8) is 0 Å². The van der Waals surface area contributed by atoms with Crippen LogP contribution in [0.3, 0.4) is 0 Å². The number of thiophene rings is 1. The van der Waals surface area contributed by atoms with Crippen molar-refractivity contribution in [2.75, 3.05) is 4.90 Å². The van der Waals surface area contributed by atoms with Crippen LogP contribution in [-0.4, -0.2) is 11.8 Å². The van der Waals surface area contributed by atoms with Gasteiger partial charge in [-0.2, -0.15) is 0 Å². The maximum Gasteiger partial charge on any atom is 0.248 e. The average molecular weight is 473 g/mol. The van der Waals surface area contributed by atoms with Crippen molar-refractivity contribution in [2.24, 2.45) is 0 Å². The van der Waals surface area contributed by atoms with Crippen LogP contribution in [0, 0.1) is 12.7 Å². The van der Waals surface area contributed by atoms with Crippen LogP contribution in [-0.2, 0) is 22.6 Å². The first-order valence-corrected chi connectivity index (χ1v) is 11.9. The molecule has 0 saturated heterocycles. The van der Waals surface area contributed by atoms with E-state index in [1.54, 1.807) is 0 Å². The Kier molecular flexibility index (Phi) is 7.50. The minimum absolute atomic E-state index is 0.142. The minimum atomic E-state index is -0.914. The van der Waals surface area contributed by atoms with E-state index in [2.05, 4.69) is 5.32 Å². The second-order valence-corrected chi connectivity index (χ2v) is 8.99. The first kappa shape index (κ1) is 23.4. The van der Waals surface area contributed by atoms with Crippen molar-refractivity contribution in [3.05, 3.63) is 124 Å². The molecule has 1 unspecified atom stereocenters. The van der Waals surface area contributed by atoms with Crippen LogP contribution in [0.2, 0.25) is 0 Å². The molecule has 0 aliphatic rings. The van der Waals surface area contributed by atoms with Crippen LogP contribution < -0.4 is 10.2 Å². The molecular formula is C28H25FN2O2S. The summed E-state index contributed by atoms with van der Waals surface area (Å²) in [4.78, 5) is 29.7. The number of amides is 2. The molecule has 2 amide bonds. The molecule has 0 fully saturated rings. The third-order valence-electron chi connectivity index (χ3n) is 5.58. The number of benzene rings is 3. The Morgan fingerprint density at radius 1 is 0.912 bits per heavy atom. The molecule has 0 saturated carbocycles. The molecule has 0 spiro atoms. The summed E-state index contributed by atoms with van der Waals surface area (Å²) in [5.74, 6) is -0.949. The Labute approximate surface area is 202 Å². The zero-order valence-corrected chi connectivity index (χ0v) is 19.6. The molecule has 4 rings (SSSR count). The topological polar surface area (TPSA) is 49.4 Å². The fraction of sp³-hybridized carbons (Fsp3) is 0.143. The second-order valence-electron chi connectivity index (χ2n) is 7.96. The summed E-state index contributed by atoms with van der Waals surface area (Å²) < 4.78 is 13.7. The van der Waals surface area contributed by atoms with Gasteiger partial charge in [0.25, 0.3) is 0 Å². The molecule has 0 radical (unpaired) electrons. The Morgan fingerprint density at radius 2 is 1.62 bits per heavy atom. The first-order chi connectivity index (χ1) is 16.5. The van der Waals surface area contributed by atoms with Gasteiger partial charge in [-0.15, -0.1) is 11.3 Å². The molecule has 1 N–H and O–H groups in total. The zero-order chi connectivity index (χ0) is 23.9. The molecule has 3 aromatic carbocycles. The van der Waals surface area contributed by atoms with Crippen LogP contribution in [0.25, 0.3) is 0 Å². The van der Waals surface area contributed by atoms with Crippen molar-refractivity contribution in [2.45, 2.75) is 25.9 Å². The highest BCUT2D eigenvalue weighted by atomic mass is 32.1. The van der Waals surface area contributed by atoms with Gasteiger partial charge in [0, 0.05) is 17.1 Å². The number of aryl methyl sites for hydroxylation is 1. The van der Waals surface area contributed by atoms with Crippen molar-refractivity contribution < 1.29 is 14.0 Å². The quantitative estimate of drug-likeness (QED) is 0.351. The number of hydrogen-bond acceptors (Lipinski definition) is 3. The van der Waals surface area contributed by atoms with E-state index < -0.39 is 11.9 Å². The molecule has 1 atom stereocenters. The van der Waals surface area contributed by atoms with E-state index in [-0.39, 0.29) is 18.2 Å². The van der Waals surface area contributed by atoms with E-state index in [9.17, 15) is 14.0 Å². The number of nitrogens with zero attached hydrogens (tertiary/aromatic N) is 1. The van der Waals surface area contributed by atoms with Crippen LogP contribution in [0.5, 0.6) is 0 Å². The fourth-order valence-corrected chi connectivity index (χ4v) is 4.55. The summed E-state index contributed by atoms with van der Waals surface area (Å²) in [6.45, 7) is 2.25. The van der Waals surface area contributed by atoms with Gasteiger partial charge >= 0.3 is 0 Å². The molecule has 0 aliphatic carbocycles. The number of anilines is 1. The smallest absolute Gasteiger partial charge is 0.248 e. The highest BCUT2D eigenvalue weighted by molar-refractivity contribution is 7.10. The molecule has 4 aromatic rings. The molecule has 1 heterocycles. The summed E-state index contributed by atoms with van der Waals surface area (Å²) in [5, 5.41) is 4.91. The number of halogens is 1. The Morgan fingerprint density at radius 3 is 2.29 bits per heavy atom. The van der Waals surface area contributed by atoms with Gasteiger partial charge in [-0.1, -0.05) is 60.7 Å². The van der Waals surface area contributed by atoms with Gasteiger partial charge in [-0.3, -0.25) is 14.5 Å². The van der Waals surface area contributed by atoms with Gasteiger partial charge in [0.1, 0.15) is 11.9 Å². The summed E-state index contributed by atoms with van der Waals surface area (Å²) in [6, 6.07) is 25.7. The van der Waals surface area contributed by atoms with Gasteiger partial charge in [0.05, 0.1) is 6.42 Å². The van der Waals surface area contributed by atoms with Crippen LogP contribution in [0.15, 0.2) is 96.4 Å². The lowest BCUT2D eigenvalue weighted by atomic mass is 9.97. The van der Waals surface area contributed by atoms with Crippen molar-refractivity contribution in [3.8, 4) is 0 Å². The number of rotatable bonds is 8. The molecule has 6 heteroatoms. The molecule has 34 heavy (non-hydrogen) atoms. The Bertz CT molecular complexity index is 1240. The van der Waals surface area contributed by atoms with E-state index in [4.69, 9.17) is 0 Å². The van der Waals surface area contributed by atoms with Gasteiger partial charge < -0.3 is 5.32 Å². The Hall–Kier alpha value is -3.77. The van der Waals surface area contributed by atoms with E-state index in [0.29, 0.717) is 12.2 Å². The fourth-order valence-electron chi connectivity index (χ4n) is 3.86. The summed E-state index contributed by atoms with van der Waals surface area (Å²) in [7, 11) is 0. The second kappa shape index (κ2) is 10.9. The molecule has 0 bridgehead atoms. The van der Waals surface area contributed by atoms with Crippen LogP contribution >= 0.6 is 11.3 Å². The van der Waals surface area contributed by atoms with Gasteiger partial charge in [0.15, 0.2) is 0 Å². The van der Waals surface area contributed by atoms with Crippen molar-refractivity contribution in [1.29, 1.82) is 0 Å². The van der Waals surface area contributed by atoms with E-state index >= 15 is 0 Å². The highest BCUT2D eigenvalue weighted by Gasteiger charge is 2.33. The van der Waals surface area contributed by atoms with Crippen LogP contribution in [0.4, 0.5) is 10.1 Å². The molecule has 4 nitrogen and oxygen atoms in total. The SMILES string of the molecule is Cc1ccccc1C(C(=O)NCc1ccccc1)N(C(=O)Cc1cccs1)c1ccc(F)cc1. The van der Waals surface area contributed by atoms with E-state index in [1.165, 1.54) is 40.5 Å². The lowest BCUT2D eigenvalue weighted by Crippen LogP contribution is -2.44. The lowest BCUT2D eigenvalue weighted by Gasteiger charge is -2.32. The molecule has 0 aliphatic heterocycles. The van der Waals surface area contributed by atoms with E-state index in [0.717, 1.165) is 21.6 Å². The number of hydrogen-bond donors (Lipinski definition) is 1.